The molecular weight excluding hydrogens is 228 g/mol. The van der Waals surface area contributed by atoms with Crippen LogP contribution in [0.3, 0.4) is 0 Å². The number of benzene rings is 1. The molecule has 1 saturated heterocycles. The van der Waals surface area contributed by atoms with E-state index >= 15 is 0 Å². The minimum Gasteiger partial charge on any atom is -0.496 e. The van der Waals surface area contributed by atoms with Crippen LogP contribution in [0.1, 0.15) is 18.4 Å². The van der Waals surface area contributed by atoms with E-state index in [-0.39, 0.29) is 6.04 Å². The first-order valence-electron chi connectivity index (χ1n) is 6.51. The second kappa shape index (κ2) is 6.73. The standard InChI is InChI=1S/C14H22N2O2/c1-17-14-5-3-2-4-12(14)10-13(16-15)11-6-8-18-9-7-11/h2-5,11,13,16H,6-10,15H2,1H3. The van der Waals surface area contributed by atoms with E-state index in [9.17, 15) is 0 Å². The molecule has 100 valence electrons. The predicted octanol–water partition coefficient (Wildman–Crippen LogP) is 1.50. The SMILES string of the molecule is COc1ccccc1CC(NN)C1CCOCC1. The highest BCUT2D eigenvalue weighted by Crippen LogP contribution is 2.25. The monoisotopic (exact) mass is 250 g/mol. The van der Waals surface area contributed by atoms with Gasteiger partial charge in [0.05, 0.1) is 7.11 Å². The summed E-state index contributed by atoms with van der Waals surface area (Å²) in [5.74, 6) is 7.22. The van der Waals surface area contributed by atoms with Crippen LogP contribution in [0.4, 0.5) is 0 Å². The lowest BCUT2D eigenvalue weighted by Gasteiger charge is -2.30. The first-order chi connectivity index (χ1) is 8.85. The number of hydrogen-bond acceptors (Lipinski definition) is 4. The van der Waals surface area contributed by atoms with Crippen molar-refractivity contribution in [1.29, 1.82) is 0 Å². The zero-order valence-corrected chi connectivity index (χ0v) is 10.9. The highest BCUT2D eigenvalue weighted by Gasteiger charge is 2.24. The second-order valence-electron chi connectivity index (χ2n) is 4.74. The van der Waals surface area contributed by atoms with Gasteiger partial charge in [0.2, 0.25) is 0 Å². The molecule has 0 bridgehead atoms. The van der Waals surface area contributed by atoms with E-state index in [1.54, 1.807) is 7.11 Å². The van der Waals surface area contributed by atoms with Gasteiger partial charge in [-0.3, -0.25) is 11.3 Å². The molecule has 0 saturated carbocycles. The van der Waals surface area contributed by atoms with Crippen molar-refractivity contribution in [2.24, 2.45) is 11.8 Å². The highest BCUT2D eigenvalue weighted by molar-refractivity contribution is 5.33. The first-order valence-corrected chi connectivity index (χ1v) is 6.51. The molecule has 0 aliphatic carbocycles. The van der Waals surface area contributed by atoms with Gasteiger partial charge in [-0.25, -0.2) is 0 Å². The first kappa shape index (κ1) is 13.3. The number of hydrazine groups is 1. The number of nitrogens with two attached hydrogens (primary N) is 1. The van der Waals surface area contributed by atoms with Gasteiger partial charge in [0.25, 0.3) is 0 Å². The summed E-state index contributed by atoms with van der Waals surface area (Å²) >= 11 is 0. The predicted molar refractivity (Wildman–Crippen MR) is 71.4 cm³/mol. The second-order valence-corrected chi connectivity index (χ2v) is 4.74. The third kappa shape index (κ3) is 3.22. The Labute approximate surface area is 108 Å². The van der Waals surface area contributed by atoms with Gasteiger partial charge >= 0.3 is 0 Å². The van der Waals surface area contributed by atoms with Gasteiger partial charge in [0.1, 0.15) is 5.75 Å². The maximum Gasteiger partial charge on any atom is 0.122 e. The lowest BCUT2D eigenvalue weighted by Crippen LogP contribution is -2.44. The summed E-state index contributed by atoms with van der Waals surface area (Å²) in [4.78, 5) is 0. The average Bonchev–Trinajstić information content (AvgIpc) is 2.46. The molecule has 1 heterocycles. The molecule has 4 heteroatoms. The molecule has 1 aromatic rings. The van der Waals surface area contributed by atoms with Gasteiger partial charge in [-0.15, -0.1) is 0 Å². The van der Waals surface area contributed by atoms with Gasteiger partial charge in [-0.05, 0) is 36.8 Å². The minimum absolute atomic E-state index is 0.283. The molecule has 1 unspecified atom stereocenters. The van der Waals surface area contributed by atoms with Crippen LogP contribution < -0.4 is 16.0 Å². The molecule has 1 aliphatic rings. The maximum absolute atomic E-state index is 5.71. The molecule has 18 heavy (non-hydrogen) atoms. The summed E-state index contributed by atoms with van der Waals surface area (Å²) in [6.07, 6.45) is 3.04. The number of nitrogens with one attached hydrogen (secondary N) is 1. The molecule has 1 fully saturated rings. The van der Waals surface area contributed by atoms with Crippen LogP contribution in [0, 0.1) is 5.92 Å². The van der Waals surface area contributed by atoms with Gasteiger partial charge in [-0.1, -0.05) is 18.2 Å². The molecule has 4 nitrogen and oxygen atoms in total. The molecule has 1 aliphatic heterocycles. The van der Waals surface area contributed by atoms with Gasteiger partial charge in [0.15, 0.2) is 0 Å². The zero-order valence-electron chi connectivity index (χ0n) is 10.9. The molecule has 0 aromatic heterocycles. The number of ether oxygens (including phenoxy) is 2. The largest absolute Gasteiger partial charge is 0.496 e. The van der Waals surface area contributed by atoms with Gasteiger partial charge in [0, 0.05) is 19.3 Å². The van der Waals surface area contributed by atoms with Gasteiger partial charge < -0.3 is 9.47 Å². The smallest absolute Gasteiger partial charge is 0.122 e. The van der Waals surface area contributed by atoms with Crippen LogP contribution in [0.5, 0.6) is 5.75 Å². The van der Waals surface area contributed by atoms with Crippen LogP contribution in [0.25, 0.3) is 0 Å². The van der Waals surface area contributed by atoms with Crippen molar-refractivity contribution in [3.05, 3.63) is 29.8 Å². The lowest BCUT2D eigenvalue weighted by atomic mass is 9.88. The normalized spacial score (nSPS) is 18.6. The number of rotatable bonds is 5. The van der Waals surface area contributed by atoms with E-state index in [1.165, 1.54) is 5.56 Å². The van der Waals surface area contributed by atoms with Gasteiger partial charge in [-0.2, -0.15) is 0 Å². The highest BCUT2D eigenvalue weighted by atomic mass is 16.5. The topological polar surface area (TPSA) is 56.5 Å². The van der Waals surface area contributed by atoms with Crippen molar-refractivity contribution in [2.75, 3.05) is 20.3 Å². The van der Waals surface area contributed by atoms with Crippen molar-refractivity contribution < 1.29 is 9.47 Å². The van der Waals surface area contributed by atoms with E-state index < -0.39 is 0 Å². The van der Waals surface area contributed by atoms with Crippen LogP contribution >= 0.6 is 0 Å². The van der Waals surface area contributed by atoms with Crippen molar-refractivity contribution in [2.45, 2.75) is 25.3 Å². The van der Waals surface area contributed by atoms with Crippen molar-refractivity contribution in [1.82, 2.24) is 5.43 Å². The lowest BCUT2D eigenvalue weighted by molar-refractivity contribution is 0.0537. The van der Waals surface area contributed by atoms with E-state index in [2.05, 4.69) is 11.5 Å². The zero-order chi connectivity index (χ0) is 12.8. The van der Waals surface area contributed by atoms with E-state index in [1.807, 2.05) is 18.2 Å². The van der Waals surface area contributed by atoms with Crippen LogP contribution in [0.15, 0.2) is 24.3 Å². The summed E-state index contributed by atoms with van der Waals surface area (Å²) < 4.78 is 10.8. The molecular formula is C14H22N2O2. The fourth-order valence-corrected chi connectivity index (χ4v) is 2.59. The van der Waals surface area contributed by atoms with E-state index in [0.29, 0.717) is 5.92 Å². The van der Waals surface area contributed by atoms with Crippen molar-refractivity contribution in [3.8, 4) is 5.75 Å². The maximum atomic E-state index is 5.71. The summed E-state index contributed by atoms with van der Waals surface area (Å²) in [5.41, 5.74) is 4.16. The minimum atomic E-state index is 0.283. The fourth-order valence-electron chi connectivity index (χ4n) is 2.59. The Morgan fingerprint density at radius 1 is 1.39 bits per heavy atom. The van der Waals surface area contributed by atoms with E-state index in [4.69, 9.17) is 15.3 Å². The molecule has 0 amide bonds. The summed E-state index contributed by atoms with van der Waals surface area (Å²) in [6.45, 7) is 1.68. The average molecular weight is 250 g/mol. The number of methoxy groups -OCH3 is 1. The Bertz CT molecular complexity index is 365. The van der Waals surface area contributed by atoms with Crippen LogP contribution in [0.2, 0.25) is 0 Å². The number of hydrogen-bond donors (Lipinski definition) is 2. The third-order valence-electron chi connectivity index (χ3n) is 3.68. The van der Waals surface area contributed by atoms with Crippen LogP contribution in [-0.2, 0) is 11.2 Å². The van der Waals surface area contributed by atoms with Crippen molar-refractivity contribution >= 4 is 0 Å². The Kier molecular flexibility index (Phi) is 4.99. The Hall–Kier alpha value is -1.10. The van der Waals surface area contributed by atoms with Crippen LogP contribution in [-0.4, -0.2) is 26.4 Å². The summed E-state index contributed by atoms with van der Waals surface area (Å²) in [6, 6.07) is 8.40. The molecule has 3 N–H and O–H groups in total. The Morgan fingerprint density at radius 2 is 2.11 bits per heavy atom. The molecule has 1 atom stereocenters. The molecule has 0 radical (unpaired) electrons. The Morgan fingerprint density at radius 3 is 2.78 bits per heavy atom. The molecule has 1 aromatic carbocycles. The van der Waals surface area contributed by atoms with E-state index in [0.717, 1.165) is 38.2 Å². The molecule has 0 spiro atoms. The fraction of sp³-hybridized carbons (Fsp3) is 0.571. The summed E-state index contributed by atoms with van der Waals surface area (Å²) in [5, 5.41) is 0. The molecule has 2 rings (SSSR count). The summed E-state index contributed by atoms with van der Waals surface area (Å²) in [7, 11) is 1.71. The third-order valence-corrected chi connectivity index (χ3v) is 3.68. The van der Waals surface area contributed by atoms with Crippen molar-refractivity contribution in [3.63, 3.8) is 0 Å². The number of para-hydroxylation sites is 1. The Balaban J connectivity index is 2.04. The quantitative estimate of drug-likeness (QED) is 0.614.